The van der Waals surface area contributed by atoms with Crippen LogP contribution in [0.2, 0.25) is 0 Å². The molecular formula is C16H27NO. The van der Waals surface area contributed by atoms with Gasteiger partial charge in [-0.2, -0.15) is 0 Å². The van der Waals surface area contributed by atoms with Gasteiger partial charge in [0.25, 0.3) is 0 Å². The minimum Gasteiger partial charge on any atom is -0.466 e. The molecule has 2 rings (SSSR count). The lowest BCUT2D eigenvalue weighted by Gasteiger charge is -2.26. The Kier molecular flexibility index (Phi) is 4.50. The summed E-state index contributed by atoms with van der Waals surface area (Å²) in [6.07, 6.45) is 6.48. The van der Waals surface area contributed by atoms with Crippen molar-refractivity contribution in [2.75, 3.05) is 19.6 Å². The molecule has 0 atom stereocenters. The Morgan fingerprint density at radius 2 is 1.83 bits per heavy atom. The summed E-state index contributed by atoms with van der Waals surface area (Å²) >= 11 is 0. The molecule has 1 aromatic heterocycles. The van der Waals surface area contributed by atoms with Gasteiger partial charge in [-0.25, -0.2) is 0 Å². The molecule has 0 amide bonds. The maximum atomic E-state index is 5.92. The molecule has 0 spiro atoms. The third kappa shape index (κ3) is 3.88. The number of hydrogen-bond acceptors (Lipinski definition) is 2. The summed E-state index contributed by atoms with van der Waals surface area (Å²) in [7, 11) is 0. The highest BCUT2D eigenvalue weighted by molar-refractivity contribution is 5.14. The number of rotatable bonds is 4. The molecule has 0 radical (unpaired) electrons. The molecule has 1 aromatic rings. The van der Waals surface area contributed by atoms with Crippen LogP contribution in [0.3, 0.4) is 0 Å². The molecule has 18 heavy (non-hydrogen) atoms. The van der Waals surface area contributed by atoms with Crippen molar-refractivity contribution in [3.8, 4) is 0 Å². The Labute approximate surface area is 111 Å². The molecule has 1 aliphatic heterocycles. The first-order chi connectivity index (χ1) is 8.55. The van der Waals surface area contributed by atoms with Crippen molar-refractivity contribution in [3.05, 3.63) is 23.7 Å². The van der Waals surface area contributed by atoms with Crippen LogP contribution in [0.5, 0.6) is 0 Å². The highest BCUT2D eigenvalue weighted by atomic mass is 16.3. The number of furan rings is 1. The van der Waals surface area contributed by atoms with Crippen LogP contribution >= 0.6 is 0 Å². The second-order valence-electron chi connectivity index (χ2n) is 6.52. The zero-order valence-electron chi connectivity index (χ0n) is 12.2. The van der Waals surface area contributed by atoms with E-state index in [0.29, 0.717) is 0 Å². The Bertz CT molecular complexity index is 355. The average molecular weight is 249 g/mol. The van der Waals surface area contributed by atoms with Crippen LogP contribution in [-0.4, -0.2) is 24.5 Å². The molecule has 0 unspecified atom stereocenters. The van der Waals surface area contributed by atoms with Crippen molar-refractivity contribution in [1.29, 1.82) is 0 Å². The first-order valence-corrected chi connectivity index (χ1v) is 7.37. The van der Waals surface area contributed by atoms with Gasteiger partial charge < -0.3 is 9.32 Å². The maximum absolute atomic E-state index is 5.92. The molecule has 0 N–H and O–H groups in total. The summed E-state index contributed by atoms with van der Waals surface area (Å²) in [6.45, 7) is 10.4. The Morgan fingerprint density at radius 3 is 2.44 bits per heavy atom. The predicted octanol–water partition coefficient (Wildman–Crippen LogP) is 4.00. The minimum absolute atomic E-state index is 0.130. The Balaban J connectivity index is 1.74. The lowest BCUT2D eigenvalue weighted by Crippen LogP contribution is -2.30. The number of piperidine rings is 1. The molecule has 2 heterocycles. The highest BCUT2D eigenvalue weighted by Crippen LogP contribution is 2.24. The Hall–Kier alpha value is -0.760. The number of nitrogens with zero attached hydrogens (tertiary/aromatic N) is 1. The average Bonchev–Trinajstić information content (AvgIpc) is 2.79. The van der Waals surface area contributed by atoms with Crippen molar-refractivity contribution in [3.63, 3.8) is 0 Å². The van der Waals surface area contributed by atoms with Gasteiger partial charge in [0, 0.05) is 11.8 Å². The highest BCUT2D eigenvalue weighted by Gasteiger charge is 2.18. The SMILES string of the molecule is CC(C)(C)c1ccc(CCCN2CCCCC2)o1. The summed E-state index contributed by atoms with van der Waals surface area (Å²) < 4.78 is 5.92. The van der Waals surface area contributed by atoms with E-state index < -0.39 is 0 Å². The van der Waals surface area contributed by atoms with E-state index in [9.17, 15) is 0 Å². The number of likely N-dealkylation sites (tertiary alicyclic amines) is 1. The van der Waals surface area contributed by atoms with Crippen molar-refractivity contribution < 1.29 is 4.42 Å². The zero-order valence-corrected chi connectivity index (χ0v) is 12.2. The second-order valence-corrected chi connectivity index (χ2v) is 6.52. The lowest BCUT2D eigenvalue weighted by molar-refractivity contribution is 0.224. The summed E-state index contributed by atoms with van der Waals surface area (Å²) in [5.74, 6) is 2.26. The first kappa shape index (κ1) is 13.7. The van der Waals surface area contributed by atoms with E-state index in [1.807, 2.05) is 0 Å². The third-order valence-corrected chi connectivity index (χ3v) is 3.75. The molecule has 102 valence electrons. The largest absolute Gasteiger partial charge is 0.466 e. The number of aryl methyl sites for hydroxylation is 1. The van der Waals surface area contributed by atoms with Gasteiger partial charge in [-0.3, -0.25) is 0 Å². The predicted molar refractivity (Wildman–Crippen MR) is 76.0 cm³/mol. The minimum atomic E-state index is 0.130. The fourth-order valence-corrected chi connectivity index (χ4v) is 2.58. The van der Waals surface area contributed by atoms with Crippen LogP contribution in [0.1, 0.15) is 58.0 Å². The standard InChI is InChI=1S/C16H27NO/c1-16(2,3)15-10-9-14(18-15)8-7-13-17-11-5-4-6-12-17/h9-10H,4-8,11-13H2,1-3H3. The molecule has 2 heteroatoms. The van der Waals surface area contributed by atoms with E-state index in [1.165, 1.54) is 45.3 Å². The quantitative estimate of drug-likeness (QED) is 0.802. The van der Waals surface area contributed by atoms with E-state index in [1.54, 1.807) is 0 Å². The van der Waals surface area contributed by atoms with Crippen molar-refractivity contribution in [2.24, 2.45) is 0 Å². The first-order valence-electron chi connectivity index (χ1n) is 7.37. The smallest absolute Gasteiger partial charge is 0.109 e. The molecule has 2 nitrogen and oxygen atoms in total. The summed E-state index contributed by atoms with van der Waals surface area (Å²) in [6, 6.07) is 4.28. The molecule has 0 aliphatic carbocycles. The van der Waals surface area contributed by atoms with Crippen LogP contribution in [0.4, 0.5) is 0 Å². The van der Waals surface area contributed by atoms with E-state index in [0.717, 1.165) is 17.9 Å². The van der Waals surface area contributed by atoms with E-state index in [2.05, 4.69) is 37.8 Å². The van der Waals surface area contributed by atoms with Crippen molar-refractivity contribution >= 4 is 0 Å². The van der Waals surface area contributed by atoms with Crippen LogP contribution in [-0.2, 0) is 11.8 Å². The molecule has 0 aromatic carbocycles. The second kappa shape index (κ2) is 5.92. The van der Waals surface area contributed by atoms with Crippen LogP contribution < -0.4 is 0 Å². The molecule has 1 aliphatic rings. The summed E-state index contributed by atoms with van der Waals surface area (Å²) in [5, 5.41) is 0. The third-order valence-electron chi connectivity index (χ3n) is 3.75. The van der Waals surface area contributed by atoms with Gasteiger partial charge in [0.1, 0.15) is 11.5 Å². The van der Waals surface area contributed by atoms with Crippen LogP contribution in [0, 0.1) is 0 Å². The van der Waals surface area contributed by atoms with Gasteiger partial charge in [-0.1, -0.05) is 27.2 Å². The normalized spacial score (nSPS) is 18.2. The Morgan fingerprint density at radius 1 is 1.11 bits per heavy atom. The van der Waals surface area contributed by atoms with Gasteiger partial charge in [0.15, 0.2) is 0 Å². The molecule has 0 saturated carbocycles. The molecule has 0 bridgehead atoms. The van der Waals surface area contributed by atoms with Gasteiger partial charge in [0.2, 0.25) is 0 Å². The van der Waals surface area contributed by atoms with Gasteiger partial charge in [0.05, 0.1) is 0 Å². The van der Waals surface area contributed by atoms with Gasteiger partial charge in [-0.15, -0.1) is 0 Å². The molecule has 1 saturated heterocycles. The zero-order chi connectivity index (χ0) is 13.0. The van der Waals surface area contributed by atoms with E-state index >= 15 is 0 Å². The number of hydrogen-bond donors (Lipinski definition) is 0. The van der Waals surface area contributed by atoms with E-state index in [-0.39, 0.29) is 5.41 Å². The summed E-state index contributed by atoms with van der Waals surface area (Å²) in [4.78, 5) is 2.59. The van der Waals surface area contributed by atoms with Crippen LogP contribution in [0.15, 0.2) is 16.5 Å². The van der Waals surface area contributed by atoms with Gasteiger partial charge in [-0.05, 0) is 51.0 Å². The maximum Gasteiger partial charge on any atom is 0.109 e. The molecule has 1 fully saturated rings. The monoisotopic (exact) mass is 249 g/mol. The van der Waals surface area contributed by atoms with E-state index in [4.69, 9.17) is 4.42 Å². The summed E-state index contributed by atoms with van der Waals surface area (Å²) in [5.41, 5.74) is 0.130. The fourth-order valence-electron chi connectivity index (χ4n) is 2.58. The fraction of sp³-hybridized carbons (Fsp3) is 0.750. The van der Waals surface area contributed by atoms with Crippen molar-refractivity contribution in [1.82, 2.24) is 4.90 Å². The molecular weight excluding hydrogens is 222 g/mol. The van der Waals surface area contributed by atoms with Crippen LogP contribution in [0.25, 0.3) is 0 Å². The topological polar surface area (TPSA) is 16.4 Å². The van der Waals surface area contributed by atoms with Crippen molar-refractivity contribution in [2.45, 2.75) is 58.3 Å². The van der Waals surface area contributed by atoms with Gasteiger partial charge >= 0.3 is 0 Å². The lowest BCUT2D eigenvalue weighted by atomic mass is 9.94.